The molecule has 1 saturated heterocycles. The molecule has 1 amide bonds. The van der Waals surface area contributed by atoms with Gasteiger partial charge in [-0.1, -0.05) is 0 Å². The number of piperidine rings is 1. The number of aromatic nitrogens is 1. The maximum Gasteiger partial charge on any atom is 0.328 e. The third-order valence-electron chi connectivity index (χ3n) is 3.64. The van der Waals surface area contributed by atoms with Gasteiger partial charge >= 0.3 is 5.97 Å². The van der Waals surface area contributed by atoms with E-state index in [-0.39, 0.29) is 17.7 Å². The van der Waals surface area contributed by atoms with Crippen molar-refractivity contribution in [2.24, 2.45) is 0 Å². The molecule has 2 heterocycles. The van der Waals surface area contributed by atoms with E-state index in [0.717, 1.165) is 12.8 Å². The fourth-order valence-electron chi connectivity index (χ4n) is 2.53. The van der Waals surface area contributed by atoms with Crippen LogP contribution in [0.5, 0.6) is 0 Å². The number of likely N-dealkylation sites (tertiary alicyclic amines) is 1. The van der Waals surface area contributed by atoms with Crippen LogP contribution >= 0.6 is 0 Å². The normalized spacial score (nSPS) is 18.4. The van der Waals surface area contributed by atoms with E-state index < -0.39 is 6.04 Å². The van der Waals surface area contributed by atoms with Crippen molar-refractivity contribution in [1.29, 1.82) is 0 Å². The van der Waals surface area contributed by atoms with Crippen LogP contribution < -0.4 is 0 Å². The molecule has 6 heteroatoms. The average molecular weight is 292 g/mol. The number of carbonyl (C=O) groups is 3. The Kier molecular flexibility index (Phi) is 4.77. The number of Topliss-reactive ketones (excluding diaryl/α,β-unsaturated/α-hetero) is 1. The maximum atomic E-state index is 12.5. The van der Waals surface area contributed by atoms with Crippen molar-refractivity contribution < 1.29 is 19.1 Å². The Morgan fingerprint density at radius 3 is 2.76 bits per heavy atom. The number of H-pyrrole nitrogens is 1. The molecular weight excluding hydrogens is 272 g/mol. The Morgan fingerprint density at radius 1 is 1.38 bits per heavy atom. The van der Waals surface area contributed by atoms with Crippen molar-refractivity contribution >= 4 is 17.7 Å². The summed E-state index contributed by atoms with van der Waals surface area (Å²) in [6.45, 7) is 4.02. The van der Waals surface area contributed by atoms with Crippen LogP contribution in [0.4, 0.5) is 0 Å². The van der Waals surface area contributed by atoms with Crippen LogP contribution in [0, 0.1) is 0 Å². The summed E-state index contributed by atoms with van der Waals surface area (Å²) in [6, 6.07) is 0.997. The van der Waals surface area contributed by atoms with Gasteiger partial charge in [0.1, 0.15) is 11.7 Å². The number of nitrogens with one attached hydrogen (secondary N) is 1. The van der Waals surface area contributed by atoms with Crippen molar-refractivity contribution in [1.82, 2.24) is 9.88 Å². The highest BCUT2D eigenvalue weighted by Crippen LogP contribution is 2.21. The van der Waals surface area contributed by atoms with Crippen LogP contribution in [0.2, 0.25) is 0 Å². The van der Waals surface area contributed by atoms with Gasteiger partial charge in [0, 0.05) is 18.3 Å². The number of esters is 1. The lowest BCUT2D eigenvalue weighted by Gasteiger charge is -2.33. The Labute approximate surface area is 123 Å². The smallest absolute Gasteiger partial charge is 0.328 e. The van der Waals surface area contributed by atoms with Crippen LogP contribution in [-0.2, 0) is 9.53 Å². The summed E-state index contributed by atoms with van der Waals surface area (Å²) in [4.78, 5) is 40.2. The molecule has 114 valence electrons. The van der Waals surface area contributed by atoms with Crippen LogP contribution in [0.25, 0.3) is 0 Å². The van der Waals surface area contributed by atoms with Gasteiger partial charge in [0.15, 0.2) is 5.78 Å². The first-order chi connectivity index (χ1) is 10.0. The number of aromatic amines is 1. The molecule has 0 aromatic carbocycles. The van der Waals surface area contributed by atoms with Crippen molar-refractivity contribution in [2.45, 2.75) is 39.2 Å². The fraction of sp³-hybridized carbons (Fsp3) is 0.533. The van der Waals surface area contributed by atoms with Gasteiger partial charge < -0.3 is 14.6 Å². The number of ether oxygens (including phenoxy) is 1. The average Bonchev–Trinajstić information content (AvgIpc) is 2.97. The summed E-state index contributed by atoms with van der Waals surface area (Å²) in [5, 5.41) is 0. The number of carbonyl (C=O) groups excluding carboxylic acids is 3. The first-order valence-electron chi connectivity index (χ1n) is 7.21. The third-order valence-corrected chi connectivity index (χ3v) is 3.64. The van der Waals surface area contributed by atoms with Crippen LogP contribution in [0.15, 0.2) is 12.3 Å². The van der Waals surface area contributed by atoms with Crippen molar-refractivity contribution in [3.05, 3.63) is 23.5 Å². The van der Waals surface area contributed by atoms with Gasteiger partial charge in [0.2, 0.25) is 0 Å². The Morgan fingerprint density at radius 2 is 2.14 bits per heavy atom. The molecule has 1 aromatic rings. The lowest BCUT2D eigenvalue weighted by molar-refractivity contribution is -0.149. The molecule has 0 saturated carbocycles. The van der Waals surface area contributed by atoms with E-state index in [1.807, 2.05) is 0 Å². The molecule has 1 unspecified atom stereocenters. The number of amides is 1. The molecule has 2 rings (SSSR count). The Hall–Kier alpha value is -2.11. The van der Waals surface area contributed by atoms with Gasteiger partial charge in [0.05, 0.1) is 6.61 Å². The highest BCUT2D eigenvalue weighted by Gasteiger charge is 2.34. The zero-order valence-corrected chi connectivity index (χ0v) is 12.3. The van der Waals surface area contributed by atoms with Crippen LogP contribution in [-0.4, -0.2) is 46.7 Å². The molecule has 1 aliphatic heterocycles. The fourth-order valence-corrected chi connectivity index (χ4v) is 2.53. The van der Waals surface area contributed by atoms with E-state index in [1.54, 1.807) is 6.92 Å². The van der Waals surface area contributed by atoms with E-state index >= 15 is 0 Å². The number of rotatable bonds is 4. The molecule has 1 N–H and O–H groups in total. The molecule has 0 radical (unpaired) electrons. The van der Waals surface area contributed by atoms with Gasteiger partial charge in [-0.15, -0.1) is 0 Å². The van der Waals surface area contributed by atoms with Gasteiger partial charge in [0.25, 0.3) is 5.91 Å². The summed E-state index contributed by atoms with van der Waals surface area (Å²) in [7, 11) is 0. The summed E-state index contributed by atoms with van der Waals surface area (Å²) >= 11 is 0. The number of hydrogen-bond acceptors (Lipinski definition) is 4. The van der Waals surface area contributed by atoms with Crippen LogP contribution in [0.1, 0.15) is 54.0 Å². The standard InChI is InChI=1S/C15H20N2O4/c1-3-21-15(20)13-6-4-5-7-17(13)14(19)12-8-11(9-16-12)10(2)18/h8-9,13,16H,3-7H2,1-2H3. The van der Waals surface area contributed by atoms with Gasteiger partial charge in [-0.2, -0.15) is 0 Å². The second-order valence-electron chi connectivity index (χ2n) is 5.12. The molecule has 1 fully saturated rings. The van der Waals surface area contributed by atoms with Crippen molar-refractivity contribution in [3.63, 3.8) is 0 Å². The molecule has 21 heavy (non-hydrogen) atoms. The summed E-state index contributed by atoms with van der Waals surface area (Å²) in [6.07, 6.45) is 3.89. The first-order valence-corrected chi connectivity index (χ1v) is 7.21. The van der Waals surface area contributed by atoms with E-state index in [2.05, 4.69) is 4.98 Å². The summed E-state index contributed by atoms with van der Waals surface area (Å²) in [5.41, 5.74) is 0.791. The highest BCUT2D eigenvalue weighted by atomic mass is 16.5. The molecule has 0 spiro atoms. The van der Waals surface area contributed by atoms with Gasteiger partial charge in [-0.05, 0) is 39.2 Å². The minimum absolute atomic E-state index is 0.106. The second kappa shape index (κ2) is 6.56. The SMILES string of the molecule is CCOC(=O)C1CCCCN1C(=O)c1cc(C(C)=O)c[nH]1. The lowest BCUT2D eigenvalue weighted by atomic mass is 10.0. The molecular formula is C15H20N2O4. The molecule has 1 aliphatic rings. The van der Waals surface area contributed by atoms with Gasteiger partial charge in [-0.25, -0.2) is 4.79 Å². The summed E-state index contributed by atoms with van der Waals surface area (Å²) in [5.74, 6) is -0.727. The van der Waals surface area contributed by atoms with Crippen LogP contribution in [0.3, 0.4) is 0 Å². The van der Waals surface area contributed by atoms with E-state index in [0.29, 0.717) is 30.8 Å². The summed E-state index contributed by atoms with van der Waals surface area (Å²) < 4.78 is 5.04. The number of ketones is 1. The van der Waals surface area contributed by atoms with Crippen molar-refractivity contribution in [3.8, 4) is 0 Å². The highest BCUT2D eigenvalue weighted by molar-refractivity contribution is 6.00. The minimum Gasteiger partial charge on any atom is -0.464 e. The lowest BCUT2D eigenvalue weighted by Crippen LogP contribution is -2.48. The Balaban J connectivity index is 2.17. The second-order valence-corrected chi connectivity index (χ2v) is 5.12. The molecule has 1 aromatic heterocycles. The molecule has 6 nitrogen and oxygen atoms in total. The zero-order valence-electron chi connectivity index (χ0n) is 12.3. The predicted octanol–water partition coefficient (Wildman–Crippen LogP) is 1.78. The quantitative estimate of drug-likeness (QED) is 0.677. The van der Waals surface area contributed by atoms with E-state index in [1.165, 1.54) is 24.1 Å². The maximum absolute atomic E-state index is 12.5. The first kappa shape index (κ1) is 15.3. The topological polar surface area (TPSA) is 79.5 Å². The van der Waals surface area contributed by atoms with Crippen molar-refractivity contribution in [2.75, 3.05) is 13.2 Å². The van der Waals surface area contributed by atoms with E-state index in [9.17, 15) is 14.4 Å². The Bertz CT molecular complexity index is 550. The number of nitrogens with zero attached hydrogens (tertiary/aromatic N) is 1. The monoisotopic (exact) mass is 292 g/mol. The molecule has 0 bridgehead atoms. The zero-order chi connectivity index (χ0) is 15.4. The largest absolute Gasteiger partial charge is 0.464 e. The molecule has 0 aliphatic carbocycles. The third kappa shape index (κ3) is 3.32. The molecule has 1 atom stereocenters. The predicted molar refractivity (Wildman–Crippen MR) is 76.1 cm³/mol. The van der Waals surface area contributed by atoms with E-state index in [4.69, 9.17) is 4.74 Å². The van der Waals surface area contributed by atoms with Gasteiger partial charge in [-0.3, -0.25) is 9.59 Å². The number of hydrogen-bond donors (Lipinski definition) is 1. The minimum atomic E-state index is -0.532.